The van der Waals surface area contributed by atoms with Crippen molar-refractivity contribution in [2.45, 2.75) is 45.1 Å². The van der Waals surface area contributed by atoms with E-state index in [1.54, 1.807) is 0 Å². The maximum Gasteiger partial charge on any atom is 0.0802 e. The van der Waals surface area contributed by atoms with E-state index in [-0.39, 0.29) is 5.60 Å². The van der Waals surface area contributed by atoms with Crippen molar-refractivity contribution in [2.75, 3.05) is 20.7 Å². The van der Waals surface area contributed by atoms with Crippen molar-refractivity contribution >= 4 is 0 Å². The van der Waals surface area contributed by atoms with Gasteiger partial charge in [-0.2, -0.15) is 0 Å². The summed E-state index contributed by atoms with van der Waals surface area (Å²) in [5, 5.41) is 3.25. The Morgan fingerprint density at radius 3 is 2.29 bits per heavy atom. The molecule has 0 aromatic rings. The highest BCUT2D eigenvalue weighted by molar-refractivity contribution is 4.89. The first kappa shape index (κ1) is 12.0. The summed E-state index contributed by atoms with van der Waals surface area (Å²) in [6.45, 7) is 5.67. The summed E-state index contributed by atoms with van der Waals surface area (Å²) >= 11 is 0. The molecule has 0 unspecified atom stereocenters. The maximum absolute atomic E-state index is 5.68. The topological polar surface area (TPSA) is 21.3 Å². The van der Waals surface area contributed by atoms with Crippen molar-refractivity contribution in [2.24, 2.45) is 11.8 Å². The van der Waals surface area contributed by atoms with Gasteiger partial charge in [0.25, 0.3) is 0 Å². The lowest BCUT2D eigenvalue weighted by molar-refractivity contribution is -0.0502. The monoisotopic (exact) mass is 199 g/mol. The van der Waals surface area contributed by atoms with E-state index in [9.17, 15) is 0 Å². The molecule has 1 aliphatic carbocycles. The minimum Gasteiger partial charge on any atom is -0.377 e. The second-order valence-electron chi connectivity index (χ2n) is 5.00. The van der Waals surface area contributed by atoms with E-state index in [1.165, 1.54) is 25.7 Å². The van der Waals surface area contributed by atoms with E-state index < -0.39 is 0 Å². The van der Waals surface area contributed by atoms with Gasteiger partial charge in [0, 0.05) is 13.7 Å². The Hall–Kier alpha value is -0.0800. The number of hydrogen-bond donors (Lipinski definition) is 1. The predicted octanol–water partition coefficient (Wildman–Crippen LogP) is 2.44. The molecule has 0 heterocycles. The van der Waals surface area contributed by atoms with E-state index >= 15 is 0 Å². The number of hydrogen-bond acceptors (Lipinski definition) is 2. The number of likely N-dealkylation sites (N-methyl/N-ethyl adjacent to an activating group) is 1. The Kier molecular flexibility index (Phi) is 4.39. The summed E-state index contributed by atoms with van der Waals surface area (Å²) in [6.07, 6.45) is 5.08. The molecule has 0 spiro atoms. The first-order chi connectivity index (χ1) is 6.63. The van der Waals surface area contributed by atoms with Crippen LogP contribution in [0.1, 0.15) is 39.5 Å². The van der Waals surface area contributed by atoms with Gasteiger partial charge in [-0.3, -0.25) is 0 Å². The summed E-state index contributed by atoms with van der Waals surface area (Å²) in [5.41, 5.74) is 0.125. The fourth-order valence-corrected chi connectivity index (χ4v) is 2.61. The fraction of sp³-hybridized carbons (Fsp3) is 1.00. The minimum absolute atomic E-state index is 0.125. The van der Waals surface area contributed by atoms with Crippen molar-refractivity contribution in [3.8, 4) is 0 Å². The van der Waals surface area contributed by atoms with Crippen molar-refractivity contribution in [1.82, 2.24) is 5.32 Å². The molecule has 0 bridgehead atoms. The van der Waals surface area contributed by atoms with Gasteiger partial charge in [-0.05, 0) is 44.6 Å². The molecule has 2 nitrogen and oxygen atoms in total. The summed E-state index contributed by atoms with van der Waals surface area (Å²) < 4.78 is 5.68. The molecule has 0 amide bonds. The van der Waals surface area contributed by atoms with E-state index in [4.69, 9.17) is 4.74 Å². The van der Waals surface area contributed by atoms with Gasteiger partial charge < -0.3 is 10.1 Å². The molecule has 0 saturated heterocycles. The van der Waals surface area contributed by atoms with E-state index in [2.05, 4.69) is 19.2 Å². The van der Waals surface area contributed by atoms with Crippen LogP contribution in [0.2, 0.25) is 0 Å². The molecule has 0 atom stereocenters. The van der Waals surface area contributed by atoms with Gasteiger partial charge in [0.05, 0.1) is 5.60 Å². The van der Waals surface area contributed by atoms with Crippen molar-refractivity contribution < 1.29 is 4.74 Å². The number of nitrogens with one attached hydrogen (secondary N) is 1. The first-order valence-electron chi connectivity index (χ1n) is 5.83. The largest absolute Gasteiger partial charge is 0.377 e. The molecule has 0 aliphatic heterocycles. The van der Waals surface area contributed by atoms with Crippen LogP contribution < -0.4 is 5.32 Å². The van der Waals surface area contributed by atoms with E-state index in [0.29, 0.717) is 0 Å². The van der Waals surface area contributed by atoms with Crippen molar-refractivity contribution in [3.63, 3.8) is 0 Å². The summed E-state index contributed by atoms with van der Waals surface area (Å²) in [4.78, 5) is 0. The second-order valence-corrected chi connectivity index (χ2v) is 5.00. The zero-order valence-electron chi connectivity index (χ0n) is 10.1. The molecule has 0 radical (unpaired) electrons. The molecule has 1 aliphatic rings. The lowest BCUT2D eigenvalue weighted by Crippen LogP contribution is -2.44. The summed E-state index contributed by atoms with van der Waals surface area (Å²) in [7, 11) is 3.86. The zero-order chi connectivity index (χ0) is 10.6. The summed E-state index contributed by atoms with van der Waals surface area (Å²) in [5.74, 6) is 1.74. The highest BCUT2D eigenvalue weighted by Gasteiger charge is 2.35. The number of methoxy groups -OCH3 is 1. The maximum atomic E-state index is 5.68. The quantitative estimate of drug-likeness (QED) is 0.751. The normalized spacial score (nSPS) is 33.6. The highest BCUT2D eigenvalue weighted by Crippen LogP contribution is 2.37. The molecular weight excluding hydrogens is 174 g/mol. The Bertz CT molecular complexity index is 160. The van der Waals surface area contributed by atoms with Gasteiger partial charge in [-0.25, -0.2) is 0 Å². The zero-order valence-corrected chi connectivity index (χ0v) is 10.1. The van der Waals surface area contributed by atoms with Gasteiger partial charge in [0.15, 0.2) is 0 Å². The highest BCUT2D eigenvalue weighted by atomic mass is 16.5. The average molecular weight is 199 g/mol. The fourth-order valence-electron chi connectivity index (χ4n) is 2.61. The first-order valence-corrected chi connectivity index (χ1v) is 5.83. The van der Waals surface area contributed by atoms with Crippen LogP contribution in [0.5, 0.6) is 0 Å². The Morgan fingerprint density at radius 2 is 1.93 bits per heavy atom. The van der Waals surface area contributed by atoms with Gasteiger partial charge in [-0.15, -0.1) is 0 Å². The van der Waals surface area contributed by atoms with Crippen LogP contribution in [0.3, 0.4) is 0 Å². The van der Waals surface area contributed by atoms with Crippen LogP contribution >= 0.6 is 0 Å². The SMILES string of the molecule is CNCC1(OC)CCC(C(C)C)CC1. The molecule has 1 N–H and O–H groups in total. The molecule has 0 aromatic heterocycles. The van der Waals surface area contributed by atoms with Gasteiger partial charge >= 0.3 is 0 Å². The molecule has 14 heavy (non-hydrogen) atoms. The Labute approximate surface area is 88.4 Å². The molecule has 1 rings (SSSR count). The van der Waals surface area contributed by atoms with E-state index in [1.807, 2.05) is 14.2 Å². The Balaban J connectivity index is 2.46. The molecule has 84 valence electrons. The minimum atomic E-state index is 0.125. The second kappa shape index (κ2) is 5.13. The Morgan fingerprint density at radius 1 is 1.36 bits per heavy atom. The molecule has 2 heteroatoms. The number of rotatable bonds is 4. The lowest BCUT2D eigenvalue weighted by atomic mass is 9.74. The van der Waals surface area contributed by atoms with Crippen molar-refractivity contribution in [1.29, 1.82) is 0 Å². The standard InChI is InChI=1S/C12H25NO/c1-10(2)11-5-7-12(14-4,8-6-11)9-13-3/h10-11,13H,5-9H2,1-4H3. The third kappa shape index (κ3) is 2.71. The van der Waals surface area contributed by atoms with Crippen LogP contribution in [-0.2, 0) is 4.74 Å². The van der Waals surface area contributed by atoms with Gasteiger partial charge in [-0.1, -0.05) is 13.8 Å². The molecule has 0 aromatic carbocycles. The molecule has 1 saturated carbocycles. The van der Waals surface area contributed by atoms with Crippen LogP contribution in [0.4, 0.5) is 0 Å². The predicted molar refractivity (Wildman–Crippen MR) is 60.5 cm³/mol. The van der Waals surface area contributed by atoms with Gasteiger partial charge in [0.2, 0.25) is 0 Å². The van der Waals surface area contributed by atoms with Crippen LogP contribution in [0, 0.1) is 11.8 Å². The van der Waals surface area contributed by atoms with E-state index in [0.717, 1.165) is 18.4 Å². The van der Waals surface area contributed by atoms with Crippen LogP contribution in [0.25, 0.3) is 0 Å². The summed E-state index contributed by atoms with van der Waals surface area (Å²) in [6, 6.07) is 0. The van der Waals surface area contributed by atoms with Gasteiger partial charge in [0.1, 0.15) is 0 Å². The lowest BCUT2D eigenvalue weighted by Gasteiger charge is -2.40. The average Bonchev–Trinajstić information content (AvgIpc) is 2.19. The third-order valence-corrected chi connectivity index (χ3v) is 3.82. The molecule has 1 fully saturated rings. The third-order valence-electron chi connectivity index (χ3n) is 3.82. The van der Waals surface area contributed by atoms with Crippen molar-refractivity contribution in [3.05, 3.63) is 0 Å². The number of ether oxygens (including phenoxy) is 1. The van der Waals surface area contributed by atoms with Crippen LogP contribution in [0.15, 0.2) is 0 Å². The smallest absolute Gasteiger partial charge is 0.0802 e. The molecular formula is C12H25NO. The van der Waals surface area contributed by atoms with Crippen LogP contribution in [-0.4, -0.2) is 26.3 Å².